The number of halogens is 1. The van der Waals surface area contributed by atoms with E-state index >= 15 is 0 Å². The Balaban J connectivity index is 1.67. The number of thiophene rings is 1. The number of phenolic OH excluding ortho intramolecular Hbond substituents is 1. The summed E-state index contributed by atoms with van der Waals surface area (Å²) in [6.45, 7) is 1.67. The van der Waals surface area contributed by atoms with Crippen molar-refractivity contribution in [2.75, 3.05) is 6.54 Å². The molecule has 0 saturated carbocycles. The summed E-state index contributed by atoms with van der Waals surface area (Å²) >= 11 is 7.58. The van der Waals surface area contributed by atoms with Crippen LogP contribution in [-0.2, 0) is 6.54 Å². The maximum atomic E-state index is 10.4. The first-order chi connectivity index (χ1) is 10.6. The Morgan fingerprint density at radius 3 is 2.95 bits per heavy atom. The molecular formula is C17H20ClNO2S. The molecule has 2 heterocycles. The predicted octanol–water partition coefficient (Wildman–Crippen LogP) is 4.20. The van der Waals surface area contributed by atoms with Crippen LogP contribution in [0.2, 0.25) is 5.02 Å². The van der Waals surface area contributed by atoms with Gasteiger partial charge in [0, 0.05) is 23.0 Å². The second-order valence-electron chi connectivity index (χ2n) is 5.78. The van der Waals surface area contributed by atoms with Crippen molar-refractivity contribution in [3.63, 3.8) is 0 Å². The fraction of sp³-hybridized carbons (Fsp3) is 0.412. The monoisotopic (exact) mass is 337 g/mol. The average Bonchev–Trinajstić information content (AvgIpc) is 3.16. The summed E-state index contributed by atoms with van der Waals surface area (Å²) in [6.07, 6.45) is 2.55. The van der Waals surface area contributed by atoms with Gasteiger partial charge in [0.1, 0.15) is 5.75 Å². The van der Waals surface area contributed by atoms with E-state index in [-0.39, 0.29) is 5.75 Å². The molecule has 2 atom stereocenters. The summed E-state index contributed by atoms with van der Waals surface area (Å²) in [5.74, 6) is 0.175. The van der Waals surface area contributed by atoms with Crippen LogP contribution < -0.4 is 0 Å². The van der Waals surface area contributed by atoms with Crippen molar-refractivity contribution in [3.8, 4) is 5.75 Å². The molecule has 0 spiro atoms. The smallest absolute Gasteiger partial charge is 0.138 e. The topological polar surface area (TPSA) is 43.7 Å². The Hall–Kier alpha value is -1.07. The largest absolute Gasteiger partial charge is 0.506 e. The Morgan fingerprint density at radius 1 is 1.32 bits per heavy atom. The number of benzene rings is 1. The molecule has 0 bridgehead atoms. The van der Waals surface area contributed by atoms with Gasteiger partial charge < -0.3 is 10.2 Å². The molecule has 2 N–H and O–H groups in total. The lowest BCUT2D eigenvalue weighted by atomic mass is 10.0. The van der Waals surface area contributed by atoms with E-state index in [9.17, 15) is 10.2 Å². The zero-order valence-corrected chi connectivity index (χ0v) is 13.9. The molecule has 1 aromatic carbocycles. The van der Waals surface area contributed by atoms with E-state index in [2.05, 4.69) is 4.90 Å². The van der Waals surface area contributed by atoms with E-state index < -0.39 is 6.10 Å². The third-order valence-corrected chi connectivity index (χ3v) is 5.59. The number of aromatic hydroxyl groups is 1. The van der Waals surface area contributed by atoms with Crippen LogP contribution in [0, 0.1) is 0 Å². The lowest BCUT2D eigenvalue weighted by molar-refractivity contribution is 0.120. The summed E-state index contributed by atoms with van der Waals surface area (Å²) in [5.41, 5.74) is 0.852. The second kappa shape index (κ2) is 7.01. The summed E-state index contributed by atoms with van der Waals surface area (Å²) in [7, 11) is 0. The summed E-state index contributed by atoms with van der Waals surface area (Å²) in [4.78, 5) is 3.36. The highest BCUT2D eigenvalue weighted by Gasteiger charge is 2.28. The van der Waals surface area contributed by atoms with Crippen LogP contribution in [0.15, 0.2) is 35.7 Å². The highest BCUT2D eigenvalue weighted by molar-refractivity contribution is 7.10. The minimum absolute atomic E-state index is 0.175. The van der Waals surface area contributed by atoms with E-state index in [0.29, 0.717) is 17.6 Å². The Kier molecular flexibility index (Phi) is 5.03. The molecule has 1 aromatic heterocycles. The van der Waals surface area contributed by atoms with Gasteiger partial charge >= 0.3 is 0 Å². The number of hydrogen-bond acceptors (Lipinski definition) is 4. The van der Waals surface area contributed by atoms with Crippen LogP contribution >= 0.6 is 22.9 Å². The molecule has 2 unspecified atom stereocenters. The minimum atomic E-state index is -0.404. The fourth-order valence-corrected chi connectivity index (χ4v) is 4.05. The molecule has 1 aliphatic heterocycles. The molecule has 0 amide bonds. The molecule has 118 valence electrons. The van der Waals surface area contributed by atoms with Crippen molar-refractivity contribution >= 4 is 22.9 Å². The third kappa shape index (κ3) is 3.46. The number of phenols is 1. The maximum Gasteiger partial charge on any atom is 0.138 e. The van der Waals surface area contributed by atoms with Gasteiger partial charge in [-0.1, -0.05) is 29.8 Å². The van der Waals surface area contributed by atoms with E-state index in [1.54, 1.807) is 17.4 Å². The first-order valence-electron chi connectivity index (χ1n) is 7.57. The predicted molar refractivity (Wildman–Crippen MR) is 90.4 cm³/mol. The van der Waals surface area contributed by atoms with Gasteiger partial charge in [-0.25, -0.2) is 0 Å². The van der Waals surface area contributed by atoms with Gasteiger partial charge in [-0.05, 0) is 43.3 Å². The highest BCUT2D eigenvalue weighted by atomic mass is 35.5. The number of aliphatic hydroxyl groups excluding tert-OH is 1. The van der Waals surface area contributed by atoms with E-state index in [0.717, 1.165) is 36.2 Å². The Bertz CT molecular complexity index is 617. The van der Waals surface area contributed by atoms with Crippen molar-refractivity contribution in [1.82, 2.24) is 4.90 Å². The van der Waals surface area contributed by atoms with Gasteiger partial charge in [0.2, 0.25) is 0 Å². The van der Waals surface area contributed by atoms with Crippen molar-refractivity contribution < 1.29 is 10.2 Å². The van der Waals surface area contributed by atoms with Crippen LogP contribution in [0.1, 0.15) is 35.8 Å². The second-order valence-corrected chi connectivity index (χ2v) is 7.17. The summed E-state index contributed by atoms with van der Waals surface area (Å²) in [6, 6.07) is 9.77. The van der Waals surface area contributed by atoms with Crippen molar-refractivity contribution in [2.45, 2.75) is 38.0 Å². The average molecular weight is 338 g/mol. The quantitative estimate of drug-likeness (QED) is 0.859. The standard InChI is InChI=1S/C17H20ClNO2S/c18-14-6-1-4-12(17(14)21)11-19-8-2-5-13(19)10-15(20)16-7-3-9-22-16/h1,3-4,6-7,9,13,15,20-21H,2,5,8,10-11H2. The van der Waals surface area contributed by atoms with Gasteiger partial charge in [0.25, 0.3) is 0 Å². The van der Waals surface area contributed by atoms with Gasteiger partial charge in [-0.2, -0.15) is 0 Å². The molecule has 22 heavy (non-hydrogen) atoms. The molecule has 5 heteroatoms. The van der Waals surface area contributed by atoms with Crippen LogP contribution in [-0.4, -0.2) is 27.7 Å². The van der Waals surface area contributed by atoms with Gasteiger partial charge in [-0.15, -0.1) is 11.3 Å². The molecule has 0 radical (unpaired) electrons. The van der Waals surface area contributed by atoms with Gasteiger partial charge in [-0.3, -0.25) is 4.90 Å². The number of para-hydroxylation sites is 1. The SMILES string of the molecule is Oc1c(Cl)cccc1CN1CCCC1CC(O)c1cccs1. The molecular weight excluding hydrogens is 318 g/mol. The van der Waals surface area contributed by atoms with Crippen molar-refractivity contribution in [1.29, 1.82) is 0 Å². The number of rotatable bonds is 5. The zero-order chi connectivity index (χ0) is 15.5. The fourth-order valence-electron chi connectivity index (χ4n) is 3.13. The summed E-state index contributed by atoms with van der Waals surface area (Å²) in [5, 5.41) is 22.8. The van der Waals surface area contributed by atoms with E-state index in [1.807, 2.05) is 29.6 Å². The van der Waals surface area contributed by atoms with Gasteiger partial charge in [0.15, 0.2) is 0 Å². The highest BCUT2D eigenvalue weighted by Crippen LogP contribution is 2.33. The Morgan fingerprint density at radius 2 is 2.18 bits per heavy atom. The number of likely N-dealkylation sites (tertiary alicyclic amines) is 1. The third-order valence-electron chi connectivity index (χ3n) is 4.31. The molecule has 1 fully saturated rings. The number of nitrogens with zero attached hydrogens (tertiary/aromatic N) is 1. The Labute approximate surface area is 139 Å². The van der Waals surface area contributed by atoms with Gasteiger partial charge in [0.05, 0.1) is 11.1 Å². The number of aliphatic hydroxyl groups is 1. The normalized spacial score (nSPS) is 20.4. The van der Waals surface area contributed by atoms with Crippen LogP contribution in [0.3, 0.4) is 0 Å². The van der Waals surface area contributed by atoms with E-state index in [4.69, 9.17) is 11.6 Å². The maximum absolute atomic E-state index is 10.4. The first kappa shape index (κ1) is 15.8. The first-order valence-corrected chi connectivity index (χ1v) is 8.83. The number of hydrogen-bond donors (Lipinski definition) is 2. The van der Waals surface area contributed by atoms with Crippen LogP contribution in [0.5, 0.6) is 5.75 Å². The summed E-state index contributed by atoms with van der Waals surface area (Å²) < 4.78 is 0. The van der Waals surface area contributed by atoms with E-state index in [1.165, 1.54) is 0 Å². The zero-order valence-electron chi connectivity index (χ0n) is 12.3. The van der Waals surface area contributed by atoms with Crippen LogP contribution in [0.25, 0.3) is 0 Å². The molecule has 3 nitrogen and oxygen atoms in total. The van der Waals surface area contributed by atoms with Crippen molar-refractivity contribution in [3.05, 3.63) is 51.2 Å². The van der Waals surface area contributed by atoms with Crippen molar-refractivity contribution in [2.24, 2.45) is 0 Å². The lowest BCUT2D eigenvalue weighted by Crippen LogP contribution is -2.30. The lowest BCUT2D eigenvalue weighted by Gasteiger charge is -2.26. The molecule has 3 rings (SSSR count). The molecule has 2 aromatic rings. The minimum Gasteiger partial charge on any atom is -0.506 e. The van der Waals surface area contributed by atoms with Crippen LogP contribution in [0.4, 0.5) is 0 Å². The molecule has 0 aliphatic carbocycles. The molecule has 1 saturated heterocycles. The molecule has 1 aliphatic rings.